The van der Waals surface area contributed by atoms with Crippen molar-refractivity contribution < 1.29 is 4.79 Å². The van der Waals surface area contributed by atoms with Crippen molar-refractivity contribution >= 4 is 18.4 Å². The molecular weight excluding hydrogens is 250 g/mol. The van der Waals surface area contributed by atoms with Gasteiger partial charge in [0, 0.05) is 39.8 Å². The van der Waals surface area contributed by atoms with Crippen molar-refractivity contribution in [1.29, 1.82) is 0 Å². The minimum absolute atomic E-state index is 0. The van der Waals surface area contributed by atoms with E-state index in [9.17, 15) is 4.79 Å². The van der Waals surface area contributed by atoms with Crippen LogP contribution < -0.4 is 5.32 Å². The Hall–Kier alpha value is -1.26. The second-order valence-electron chi connectivity index (χ2n) is 4.36. The lowest BCUT2D eigenvalue weighted by atomic mass is 10.2. The average molecular weight is 270 g/mol. The number of amides is 2. The molecule has 100 valence electrons. The molecule has 0 bridgehead atoms. The van der Waals surface area contributed by atoms with E-state index in [2.05, 4.69) is 5.32 Å². The lowest BCUT2D eigenvalue weighted by Crippen LogP contribution is -2.50. The Bertz CT molecular complexity index is 366. The molecule has 18 heavy (non-hydrogen) atoms. The average Bonchev–Trinajstić information content (AvgIpc) is 2.40. The van der Waals surface area contributed by atoms with Crippen molar-refractivity contribution in [2.45, 2.75) is 6.54 Å². The van der Waals surface area contributed by atoms with Crippen LogP contribution >= 0.6 is 12.4 Å². The molecule has 0 atom stereocenters. The zero-order chi connectivity index (χ0) is 12.1. The maximum absolute atomic E-state index is 12.1. The van der Waals surface area contributed by atoms with Crippen LogP contribution in [0, 0.1) is 0 Å². The van der Waals surface area contributed by atoms with Crippen LogP contribution in [-0.4, -0.2) is 49.1 Å². The van der Waals surface area contributed by atoms with E-state index in [1.165, 1.54) is 5.56 Å². The molecule has 2 amide bonds. The van der Waals surface area contributed by atoms with Gasteiger partial charge in [-0.3, -0.25) is 0 Å². The van der Waals surface area contributed by atoms with Gasteiger partial charge in [-0.05, 0) is 5.56 Å². The molecule has 5 heteroatoms. The lowest BCUT2D eigenvalue weighted by molar-refractivity contribution is 0.154. The molecule has 1 aliphatic rings. The molecule has 0 spiro atoms. The third-order valence-electron chi connectivity index (χ3n) is 2.98. The summed E-state index contributed by atoms with van der Waals surface area (Å²) in [5.74, 6) is 0. The summed E-state index contributed by atoms with van der Waals surface area (Å²) >= 11 is 0. The van der Waals surface area contributed by atoms with Gasteiger partial charge >= 0.3 is 6.03 Å². The number of nitrogens with zero attached hydrogens (tertiary/aromatic N) is 2. The van der Waals surface area contributed by atoms with E-state index in [1.807, 2.05) is 42.3 Å². The van der Waals surface area contributed by atoms with E-state index in [4.69, 9.17) is 0 Å². The molecular formula is C13H20ClN3O. The van der Waals surface area contributed by atoms with E-state index in [-0.39, 0.29) is 18.4 Å². The zero-order valence-electron chi connectivity index (χ0n) is 10.6. The van der Waals surface area contributed by atoms with E-state index >= 15 is 0 Å². The van der Waals surface area contributed by atoms with Gasteiger partial charge in [-0.15, -0.1) is 12.4 Å². The van der Waals surface area contributed by atoms with Crippen LogP contribution in [0.1, 0.15) is 5.56 Å². The molecule has 0 aromatic heterocycles. The van der Waals surface area contributed by atoms with Crippen molar-refractivity contribution in [1.82, 2.24) is 15.1 Å². The highest BCUT2D eigenvalue weighted by molar-refractivity contribution is 5.85. The first-order valence-electron chi connectivity index (χ1n) is 6.02. The van der Waals surface area contributed by atoms with Crippen LogP contribution in [0.5, 0.6) is 0 Å². The summed E-state index contributed by atoms with van der Waals surface area (Å²) in [5.41, 5.74) is 1.17. The van der Waals surface area contributed by atoms with Crippen LogP contribution in [0.15, 0.2) is 30.3 Å². The number of nitrogens with one attached hydrogen (secondary N) is 1. The Morgan fingerprint density at radius 1 is 1.28 bits per heavy atom. The molecule has 2 rings (SSSR count). The van der Waals surface area contributed by atoms with Gasteiger partial charge in [0.1, 0.15) is 0 Å². The quantitative estimate of drug-likeness (QED) is 0.885. The summed E-state index contributed by atoms with van der Waals surface area (Å²) < 4.78 is 0. The molecule has 1 fully saturated rings. The standard InChI is InChI=1S/C13H19N3O.ClH/c1-15(11-12-5-3-2-4-6-12)13(17)16-9-7-14-8-10-16;/h2-6,14H,7-11H2,1H3;1H. The normalized spacial score (nSPS) is 14.8. The summed E-state index contributed by atoms with van der Waals surface area (Å²) in [4.78, 5) is 15.8. The number of halogens is 1. The molecule has 1 aliphatic heterocycles. The van der Waals surface area contributed by atoms with Gasteiger partial charge < -0.3 is 15.1 Å². The molecule has 4 nitrogen and oxygen atoms in total. The number of hydrogen-bond acceptors (Lipinski definition) is 2. The van der Waals surface area contributed by atoms with E-state index in [0.29, 0.717) is 6.54 Å². The predicted molar refractivity (Wildman–Crippen MR) is 75.0 cm³/mol. The van der Waals surface area contributed by atoms with Gasteiger partial charge in [0.2, 0.25) is 0 Å². The highest BCUT2D eigenvalue weighted by Crippen LogP contribution is 2.06. The van der Waals surface area contributed by atoms with E-state index in [1.54, 1.807) is 4.90 Å². The molecule has 1 heterocycles. The summed E-state index contributed by atoms with van der Waals surface area (Å²) in [7, 11) is 1.86. The molecule has 1 aromatic rings. The smallest absolute Gasteiger partial charge is 0.320 e. The Kier molecular flexibility index (Phi) is 5.95. The van der Waals surface area contributed by atoms with Gasteiger partial charge in [0.25, 0.3) is 0 Å². The maximum atomic E-state index is 12.1. The largest absolute Gasteiger partial charge is 0.323 e. The van der Waals surface area contributed by atoms with Crippen LogP contribution in [0.4, 0.5) is 4.79 Å². The number of benzene rings is 1. The zero-order valence-corrected chi connectivity index (χ0v) is 11.4. The van der Waals surface area contributed by atoms with Crippen molar-refractivity contribution in [3.63, 3.8) is 0 Å². The van der Waals surface area contributed by atoms with Crippen LogP contribution in [0.25, 0.3) is 0 Å². The van der Waals surface area contributed by atoms with Crippen molar-refractivity contribution in [3.05, 3.63) is 35.9 Å². The van der Waals surface area contributed by atoms with Crippen molar-refractivity contribution in [2.24, 2.45) is 0 Å². The molecule has 0 aliphatic carbocycles. The SMILES string of the molecule is CN(Cc1ccccc1)C(=O)N1CCNCC1.Cl. The fourth-order valence-corrected chi connectivity index (χ4v) is 2.02. The third-order valence-corrected chi connectivity index (χ3v) is 2.98. The Morgan fingerprint density at radius 2 is 1.89 bits per heavy atom. The Labute approximate surface area is 114 Å². The maximum Gasteiger partial charge on any atom is 0.320 e. The number of rotatable bonds is 2. The topological polar surface area (TPSA) is 35.6 Å². The second kappa shape index (κ2) is 7.24. The van der Waals surface area contributed by atoms with Gasteiger partial charge in [-0.2, -0.15) is 0 Å². The van der Waals surface area contributed by atoms with E-state index < -0.39 is 0 Å². The highest BCUT2D eigenvalue weighted by atomic mass is 35.5. The Balaban J connectivity index is 0.00000162. The summed E-state index contributed by atoms with van der Waals surface area (Å²) in [5, 5.41) is 3.25. The van der Waals surface area contributed by atoms with Gasteiger partial charge in [-0.1, -0.05) is 30.3 Å². The monoisotopic (exact) mass is 269 g/mol. The van der Waals surface area contributed by atoms with E-state index in [0.717, 1.165) is 26.2 Å². The fourth-order valence-electron chi connectivity index (χ4n) is 2.02. The summed E-state index contributed by atoms with van der Waals surface area (Å²) in [6.07, 6.45) is 0. The first-order valence-corrected chi connectivity index (χ1v) is 6.02. The summed E-state index contributed by atoms with van der Waals surface area (Å²) in [6, 6.07) is 10.2. The lowest BCUT2D eigenvalue weighted by Gasteiger charge is -2.31. The van der Waals surface area contributed by atoms with Crippen LogP contribution in [-0.2, 0) is 6.54 Å². The first kappa shape index (κ1) is 14.8. The fraction of sp³-hybridized carbons (Fsp3) is 0.462. The minimum Gasteiger partial charge on any atom is -0.323 e. The molecule has 0 saturated carbocycles. The second-order valence-corrected chi connectivity index (χ2v) is 4.36. The number of carbonyl (C=O) groups excluding carboxylic acids is 1. The summed E-state index contributed by atoms with van der Waals surface area (Å²) in [6.45, 7) is 4.06. The van der Waals surface area contributed by atoms with Gasteiger partial charge in [-0.25, -0.2) is 4.79 Å². The number of carbonyl (C=O) groups is 1. The molecule has 1 N–H and O–H groups in total. The molecule has 1 aromatic carbocycles. The highest BCUT2D eigenvalue weighted by Gasteiger charge is 2.19. The first-order chi connectivity index (χ1) is 8.27. The van der Waals surface area contributed by atoms with Crippen molar-refractivity contribution in [2.75, 3.05) is 33.2 Å². The van der Waals surface area contributed by atoms with Gasteiger partial charge in [0.05, 0.1) is 0 Å². The number of piperazine rings is 1. The minimum atomic E-state index is 0. The molecule has 1 saturated heterocycles. The third kappa shape index (κ3) is 3.89. The Morgan fingerprint density at radius 3 is 2.50 bits per heavy atom. The molecule has 0 unspecified atom stereocenters. The van der Waals surface area contributed by atoms with Crippen LogP contribution in [0.3, 0.4) is 0 Å². The molecule has 0 radical (unpaired) electrons. The van der Waals surface area contributed by atoms with Crippen molar-refractivity contribution in [3.8, 4) is 0 Å². The van der Waals surface area contributed by atoms with Gasteiger partial charge in [0.15, 0.2) is 0 Å². The predicted octanol–water partition coefficient (Wildman–Crippen LogP) is 1.57. The van der Waals surface area contributed by atoms with Crippen LogP contribution in [0.2, 0.25) is 0 Å². The number of urea groups is 1. The number of hydrogen-bond donors (Lipinski definition) is 1.